The van der Waals surface area contributed by atoms with Gasteiger partial charge in [-0.2, -0.15) is 14.9 Å². The zero-order valence-electron chi connectivity index (χ0n) is 11.1. The summed E-state index contributed by atoms with van der Waals surface area (Å²) in [6.45, 7) is 2.04. The number of aromatic nitrogens is 3. The molecule has 3 rings (SSSR count). The smallest absolute Gasteiger partial charge is 0.216 e. The molecule has 1 aromatic carbocycles. The van der Waals surface area contributed by atoms with Gasteiger partial charge in [-0.3, -0.25) is 0 Å². The lowest BCUT2D eigenvalue weighted by atomic mass is 10.2. The van der Waals surface area contributed by atoms with E-state index in [1.807, 2.05) is 19.1 Å². The van der Waals surface area contributed by atoms with Crippen LogP contribution in [0.5, 0.6) is 0 Å². The molecule has 0 saturated heterocycles. The lowest BCUT2D eigenvalue weighted by Crippen LogP contribution is -1.94. The molecule has 0 amide bonds. The second-order valence-corrected chi connectivity index (χ2v) is 6.07. The minimum atomic E-state index is -0.294. The highest BCUT2D eigenvalue weighted by Gasteiger charge is 2.08. The maximum atomic E-state index is 13.0. The number of nitrogens with zero attached hydrogens (tertiary/aromatic N) is 3. The third kappa shape index (κ3) is 2.98. The van der Waals surface area contributed by atoms with Crippen molar-refractivity contribution in [2.75, 3.05) is 0 Å². The maximum Gasteiger partial charge on any atom is 0.216 e. The molecule has 3 aromatic rings. The van der Waals surface area contributed by atoms with E-state index in [2.05, 4.69) is 15.3 Å². The van der Waals surface area contributed by atoms with Crippen LogP contribution in [0, 0.1) is 17.5 Å². The van der Waals surface area contributed by atoms with E-state index in [9.17, 15) is 4.39 Å². The number of hydrogen-bond acceptors (Lipinski definition) is 4. The van der Waals surface area contributed by atoms with E-state index in [0.717, 1.165) is 10.4 Å². The fraction of sp³-hybridized carbons (Fsp3) is 0.0714. The van der Waals surface area contributed by atoms with Gasteiger partial charge < -0.3 is 0 Å². The second kappa shape index (κ2) is 5.71. The van der Waals surface area contributed by atoms with Crippen molar-refractivity contribution in [2.45, 2.75) is 6.92 Å². The van der Waals surface area contributed by atoms with Crippen LogP contribution < -0.4 is 0 Å². The van der Waals surface area contributed by atoms with Gasteiger partial charge in [-0.05, 0) is 55.5 Å². The van der Waals surface area contributed by atoms with Gasteiger partial charge in [0, 0.05) is 15.3 Å². The summed E-state index contributed by atoms with van der Waals surface area (Å²) in [5.74, 6) is 0.251. The number of hydrogen-bond donors (Lipinski definition) is 1. The predicted molar refractivity (Wildman–Crippen MR) is 84.9 cm³/mol. The van der Waals surface area contributed by atoms with E-state index in [-0.39, 0.29) is 5.82 Å². The lowest BCUT2D eigenvalue weighted by Gasteiger charge is -2.00. The van der Waals surface area contributed by atoms with Crippen molar-refractivity contribution in [1.82, 2.24) is 14.9 Å². The summed E-state index contributed by atoms with van der Waals surface area (Å²) in [4.78, 5) is 2.24. The number of nitrogens with one attached hydrogen (secondary N) is 1. The van der Waals surface area contributed by atoms with Crippen molar-refractivity contribution in [3.05, 3.63) is 56.7 Å². The predicted octanol–water partition coefficient (Wildman–Crippen LogP) is 4.00. The van der Waals surface area contributed by atoms with Gasteiger partial charge >= 0.3 is 0 Å². The Morgan fingerprint density at radius 1 is 1.29 bits per heavy atom. The zero-order chi connectivity index (χ0) is 14.8. The van der Waals surface area contributed by atoms with Crippen molar-refractivity contribution < 1.29 is 4.39 Å². The topological polar surface area (TPSA) is 46.0 Å². The lowest BCUT2D eigenvalue weighted by molar-refractivity contribution is 0.628. The van der Waals surface area contributed by atoms with Crippen LogP contribution in [0.1, 0.15) is 9.75 Å². The third-order valence-electron chi connectivity index (χ3n) is 2.81. The van der Waals surface area contributed by atoms with Crippen molar-refractivity contribution >= 4 is 29.8 Å². The van der Waals surface area contributed by atoms with E-state index in [4.69, 9.17) is 12.2 Å². The quantitative estimate of drug-likeness (QED) is 0.586. The molecule has 0 saturated carbocycles. The number of thiophene rings is 1. The Kier molecular flexibility index (Phi) is 3.76. The summed E-state index contributed by atoms with van der Waals surface area (Å²) in [6, 6.07) is 10.1. The van der Waals surface area contributed by atoms with Crippen LogP contribution in [0.2, 0.25) is 0 Å². The molecule has 21 heavy (non-hydrogen) atoms. The van der Waals surface area contributed by atoms with Crippen molar-refractivity contribution in [3.63, 3.8) is 0 Å². The minimum absolute atomic E-state index is 0.294. The minimum Gasteiger partial charge on any atom is -0.250 e. The molecule has 0 unspecified atom stereocenters. The van der Waals surface area contributed by atoms with Crippen LogP contribution in [0.25, 0.3) is 11.4 Å². The van der Waals surface area contributed by atoms with Gasteiger partial charge in [0.2, 0.25) is 4.77 Å². The van der Waals surface area contributed by atoms with Crippen LogP contribution in [0.3, 0.4) is 0 Å². The van der Waals surface area contributed by atoms with Crippen LogP contribution in [0.15, 0.2) is 41.5 Å². The molecule has 2 heterocycles. The monoisotopic (exact) mass is 318 g/mol. The summed E-state index contributed by atoms with van der Waals surface area (Å²) < 4.78 is 14.9. The Bertz CT molecular complexity index is 842. The highest BCUT2D eigenvalue weighted by atomic mass is 32.1. The standard InChI is InChI=1S/C14H11FN4S2/c1-9-2-7-12(21-9)8-16-19-13(17-18-14(19)20)10-3-5-11(15)6-4-10/h2-8H,1H3,(H,18,20)/b16-8-. The molecule has 0 aliphatic heterocycles. The van der Waals surface area contributed by atoms with E-state index < -0.39 is 0 Å². The zero-order valence-corrected chi connectivity index (χ0v) is 12.7. The Labute approximate surface area is 129 Å². The van der Waals surface area contributed by atoms with Crippen LogP contribution in [-0.2, 0) is 0 Å². The number of aryl methyl sites for hydroxylation is 1. The summed E-state index contributed by atoms with van der Waals surface area (Å²) in [7, 11) is 0. The second-order valence-electron chi connectivity index (χ2n) is 4.36. The van der Waals surface area contributed by atoms with E-state index in [0.29, 0.717) is 10.6 Å². The van der Waals surface area contributed by atoms with Crippen LogP contribution in [-0.4, -0.2) is 21.1 Å². The molecule has 2 aromatic heterocycles. The number of rotatable bonds is 3. The molecule has 0 radical (unpaired) electrons. The van der Waals surface area contributed by atoms with E-state index in [1.165, 1.54) is 21.7 Å². The molecule has 0 spiro atoms. The normalized spacial score (nSPS) is 11.3. The number of H-pyrrole nitrogens is 1. The van der Waals surface area contributed by atoms with Crippen molar-refractivity contribution in [1.29, 1.82) is 0 Å². The number of halogens is 1. The molecule has 106 valence electrons. The van der Waals surface area contributed by atoms with Crippen LogP contribution >= 0.6 is 23.6 Å². The molecule has 0 aliphatic rings. The van der Waals surface area contributed by atoms with Gasteiger partial charge in [0.25, 0.3) is 0 Å². The molecule has 4 nitrogen and oxygen atoms in total. The summed E-state index contributed by atoms with van der Waals surface area (Å²) in [5, 5.41) is 11.2. The third-order valence-corrected chi connectivity index (χ3v) is 4.01. The van der Waals surface area contributed by atoms with Gasteiger partial charge in [0.1, 0.15) is 5.82 Å². The Balaban J connectivity index is 1.99. The van der Waals surface area contributed by atoms with Gasteiger partial charge in [0.15, 0.2) is 5.82 Å². The molecule has 7 heteroatoms. The first-order valence-electron chi connectivity index (χ1n) is 6.17. The summed E-state index contributed by atoms with van der Waals surface area (Å²) in [5.41, 5.74) is 0.739. The van der Waals surface area contributed by atoms with Crippen molar-refractivity contribution in [3.8, 4) is 11.4 Å². The Morgan fingerprint density at radius 3 is 2.71 bits per heavy atom. The number of aromatic amines is 1. The largest absolute Gasteiger partial charge is 0.250 e. The average molecular weight is 318 g/mol. The first-order valence-corrected chi connectivity index (χ1v) is 7.40. The molecule has 1 N–H and O–H groups in total. The molecule has 0 atom stereocenters. The van der Waals surface area contributed by atoms with Gasteiger partial charge in [-0.1, -0.05) is 0 Å². The fourth-order valence-corrected chi connectivity index (χ4v) is 2.75. The molecular formula is C14H11FN4S2. The maximum absolute atomic E-state index is 13.0. The first-order chi connectivity index (χ1) is 10.1. The highest BCUT2D eigenvalue weighted by molar-refractivity contribution is 7.71. The summed E-state index contributed by atoms with van der Waals surface area (Å²) in [6.07, 6.45) is 1.73. The van der Waals surface area contributed by atoms with E-state index in [1.54, 1.807) is 29.7 Å². The highest BCUT2D eigenvalue weighted by Crippen LogP contribution is 2.18. The molecule has 0 fully saturated rings. The van der Waals surface area contributed by atoms with Gasteiger partial charge in [-0.25, -0.2) is 9.49 Å². The molecular weight excluding hydrogens is 307 g/mol. The first kappa shape index (κ1) is 13.8. The average Bonchev–Trinajstić information content (AvgIpc) is 3.04. The van der Waals surface area contributed by atoms with Gasteiger partial charge in [-0.15, -0.1) is 11.3 Å². The summed E-state index contributed by atoms with van der Waals surface area (Å²) >= 11 is 6.82. The molecule has 0 bridgehead atoms. The van der Waals surface area contributed by atoms with Crippen molar-refractivity contribution in [2.24, 2.45) is 5.10 Å². The van der Waals surface area contributed by atoms with Crippen LogP contribution in [0.4, 0.5) is 4.39 Å². The Morgan fingerprint density at radius 2 is 2.05 bits per heavy atom. The number of benzene rings is 1. The van der Waals surface area contributed by atoms with E-state index >= 15 is 0 Å². The molecule has 0 aliphatic carbocycles. The SMILES string of the molecule is Cc1ccc(/C=N\n2c(-c3ccc(F)cc3)n[nH]c2=S)s1. The van der Waals surface area contributed by atoms with Gasteiger partial charge in [0.05, 0.1) is 6.21 Å². The Hall–Kier alpha value is -2.12. The fourth-order valence-electron chi connectivity index (χ4n) is 1.82.